The molecule has 0 aliphatic carbocycles. The normalized spacial score (nSPS) is 10.9. The van der Waals surface area contributed by atoms with E-state index in [0.29, 0.717) is 12.4 Å². The highest BCUT2D eigenvalue weighted by Crippen LogP contribution is 2.22. The van der Waals surface area contributed by atoms with E-state index in [1.54, 1.807) is 12.1 Å². The number of hydrogen-bond donors (Lipinski definition) is 0. The van der Waals surface area contributed by atoms with Crippen LogP contribution in [0.2, 0.25) is 0 Å². The molecule has 2 heterocycles. The summed E-state index contributed by atoms with van der Waals surface area (Å²) >= 11 is 0. The van der Waals surface area contributed by atoms with Crippen LogP contribution in [0.3, 0.4) is 0 Å². The minimum Gasteiger partial charge on any atom is -0.343 e. The summed E-state index contributed by atoms with van der Waals surface area (Å²) in [4.78, 5) is 14.2. The van der Waals surface area contributed by atoms with E-state index >= 15 is 0 Å². The van der Waals surface area contributed by atoms with Crippen LogP contribution in [0.1, 0.15) is 5.82 Å². The lowest BCUT2D eigenvalue weighted by molar-refractivity contribution is -0.384. The molecule has 0 atom stereocenters. The number of fused-ring (bicyclic) bond motifs is 1. The zero-order valence-electron chi connectivity index (χ0n) is 9.18. The summed E-state index contributed by atoms with van der Waals surface area (Å²) in [5, 5.41) is 15.2. The van der Waals surface area contributed by atoms with Gasteiger partial charge in [0.15, 0.2) is 5.82 Å². The molecule has 0 N–H and O–H groups in total. The van der Waals surface area contributed by atoms with Crippen molar-refractivity contribution in [3.05, 3.63) is 52.8 Å². The zero-order chi connectivity index (χ0) is 12.5. The van der Waals surface area contributed by atoms with Gasteiger partial charge < -0.3 is 9.09 Å². The van der Waals surface area contributed by atoms with Crippen molar-refractivity contribution in [1.82, 2.24) is 14.7 Å². The van der Waals surface area contributed by atoms with E-state index in [9.17, 15) is 10.1 Å². The van der Waals surface area contributed by atoms with Crippen LogP contribution in [-0.2, 0) is 6.54 Å². The summed E-state index contributed by atoms with van der Waals surface area (Å²) in [6, 6.07) is 6.56. The first-order valence-electron chi connectivity index (χ1n) is 5.22. The van der Waals surface area contributed by atoms with Crippen LogP contribution in [0.4, 0.5) is 5.69 Å². The number of nitro groups is 1. The molecule has 7 heteroatoms. The van der Waals surface area contributed by atoms with Gasteiger partial charge in [0.2, 0.25) is 6.39 Å². The Labute approximate surface area is 101 Å². The maximum absolute atomic E-state index is 10.7. The largest absolute Gasteiger partial charge is 0.343 e. The first-order valence-corrected chi connectivity index (χ1v) is 5.22. The third kappa shape index (κ3) is 1.71. The molecule has 3 aromatic rings. The van der Waals surface area contributed by atoms with E-state index in [0.717, 1.165) is 10.9 Å². The minimum absolute atomic E-state index is 0.0832. The van der Waals surface area contributed by atoms with Crippen LogP contribution in [0.5, 0.6) is 0 Å². The lowest BCUT2D eigenvalue weighted by atomic mass is 10.2. The smallest absolute Gasteiger partial charge is 0.270 e. The Bertz CT molecular complexity index is 702. The third-order valence-electron chi connectivity index (χ3n) is 2.68. The molecule has 2 aromatic heterocycles. The van der Waals surface area contributed by atoms with E-state index < -0.39 is 4.92 Å². The summed E-state index contributed by atoms with van der Waals surface area (Å²) < 4.78 is 6.57. The summed E-state index contributed by atoms with van der Waals surface area (Å²) in [5.41, 5.74) is 0.977. The molecule has 0 radical (unpaired) electrons. The van der Waals surface area contributed by atoms with E-state index in [-0.39, 0.29) is 5.69 Å². The second-order valence-corrected chi connectivity index (χ2v) is 3.79. The van der Waals surface area contributed by atoms with E-state index in [2.05, 4.69) is 14.7 Å². The van der Waals surface area contributed by atoms with Gasteiger partial charge in [0.05, 0.1) is 11.5 Å². The van der Waals surface area contributed by atoms with Crippen LogP contribution in [0, 0.1) is 10.1 Å². The number of nitro benzene ring substituents is 1. The van der Waals surface area contributed by atoms with Gasteiger partial charge in [0, 0.05) is 29.2 Å². The summed E-state index contributed by atoms with van der Waals surface area (Å²) in [5.74, 6) is 0.561. The molecule has 0 aliphatic rings. The van der Waals surface area contributed by atoms with Gasteiger partial charge in [-0.15, -0.1) is 0 Å². The number of benzene rings is 1. The Morgan fingerprint density at radius 3 is 3.00 bits per heavy atom. The number of rotatable bonds is 3. The Kier molecular flexibility index (Phi) is 2.30. The maximum Gasteiger partial charge on any atom is 0.270 e. The quantitative estimate of drug-likeness (QED) is 0.519. The number of nitrogens with zero attached hydrogens (tertiary/aromatic N) is 4. The topological polar surface area (TPSA) is 87.0 Å². The van der Waals surface area contributed by atoms with Gasteiger partial charge in [-0.05, 0) is 12.1 Å². The molecule has 0 aliphatic heterocycles. The average Bonchev–Trinajstić information content (AvgIpc) is 2.99. The molecule has 1 aromatic carbocycles. The predicted octanol–water partition coefficient (Wildman–Crippen LogP) is 1.98. The lowest BCUT2D eigenvalue weighted by Gasteiger charge is -2.01. The molecule has 0 saturated carbocycles. The van der Waals surface area contributed by atoms with Crippen molar-refractivity contribution < 1.29 is 9.45 Å². The maximum atomic E-state index is 10.7. The van der Waals surface area contributed by atoms with Gasteiger partial charge in [-0.25, -0.2) is 0 Å². The second kappa shape index (κ2) is 3.95. The number of non-ortho nitro benzene ring substituents is 1. The van der Waals surface area contributed by atoms with Crippen molar-refractivity contribution >= 4 is 16.6 Å². The highest BCUT2D eigenvalue weighted by Gasteiger charge is 2.09. The van der Waals surface area contributed by atoms with Gasteiger partial charge in [-0.2, -0.15) is 4.98 Å². The molecule has 0 amide bonds. The van der Waals surface area contributed by atoms with Crippen molar-refractivity contribution in [2.45, 2.75) is 6.54 Å². The average molecular weight is 244 g/mol. The SMILES string of the molecule is O=[N+]([O-])c1ccc2c(ccn2Cc2ncon2)c1. The zero-order valence-corrected chi connectivity index (χ0v) is 9.18. The monoisotopic (exact) mass is 244 g/mol. The first kappa shape index (κ1) is 10.5. The summed E-state index contributed by atoms with van der Waals surface area (Å²) in [6.07, 6.45) is 3.11. The second-order valence-electron chi connectivity index (χ2n) is 3.79. The van der Waals surface area contributed by atoms with Gasteiger partial charge in [0.25, 0.3) is 5.69 Å². The summed E-state index contributed by atoms with van der Waals surface area (Å²) in [7, 11) is 0. The van der Waals surface area contributed by atoms with E-state index in [1.165, 1.54) is 12.5 Å². The van der Waals surface area contributed by atoms with Crippen molar-refractivity contribution in [3.63, 3.8) is 0 Å². The summed E-state index contributed by atoms with van der Waals surface area (Å²) in [6.45, 7) is 0.470. The van der Waals surface area contributed by atoms with Crippen molar-refractivity contribution in [3.8, 4) is 0 Å². The fourth-order valence-electron chi connectivity index (χ4n) is 1.85. The Morgan fingerprint density at radius 2 is 2.28 bits per heavy atom. The molecular weight excluding hydrogens is 236 g/mol. The standard InChI is InChI=1S/C11H8N4O3/c16-15(17)9-1-2-10-8(5-9)3-4-14(10)6-11-12-7-18-13-11/h1-5,7H,6H2. The molecule has 0 spiro atoms. The Hall–Kier alpha value is -2.70. The molecule has 90 valence electrons. The molecule has 18 heavy (non-hydrogen) atoms. The number of hydrogen-bond acceptors (Lipinski definition) is 5. The van der Waals surface area contributed by atoms with Crippen LogP contribution < -0.4 is 0 Å². The molecule has 0 unspecified atom stereocenters. The van der Waals surface area contributed by atoms with Gasteiger partial charge in [-0.3, -0.25) is 10.1 Å². The van der Waals surface area contributed by atoms with Gasteiger partial charge >= 0.3 is 0 Å². The molecule has 3 rings (SSSR count). The Balaban J connectivity index is 2.02. The fourth-order valence-corrected chi connectivity index (χ4v) is 1.85. The van der Waals surface area contributed by atoms with Gasteiger partial charge in [-0.1, -0.05) is 5.16 Å². The van der Waals surface area contributed by atoms with Crippen LogP contribution in [0.15, 0.2) is 41.4 Å². The lowest BCUT2D eigenvalue weighted by Crippen LogP contribution is -1.99. The molecule has 0 saturated heterocycles. The third-order valence-corrected chi connectivity index (χ3v) is 2.68. The van der Waals surface area contributed by atoms with Crippen LogP contribution >= 0.6 is 0 Å². The highest BCUT2D eigenvalue weighted by molar-refractivity contribution is 5.82. The van der Waals surface area contributed by atoms with Crippen molar-refractivity contribution in [2.24, 2.45) is 0 Å². The van der Waals surface area contributed by atoms with E-state index in [4.69, 9.17) is 0 Å². The first-order chi connectivity index (χ1) is 8.74. The molecular formula is C11H8N4O3. The minimum atomic E-state index is -0.407. The van der Waals surface area contributed by atoms with Gasteiger partial charge in [0.1, 0.15) is 0 Å². The fraction of sp³-hybridized carbons (Fsp3) is 0.0909. The highest BCUT2D eigenvalue weighted by atomic mass is 16.6. The molecule has 7 nitrogen and oxygen atoms in total. The molecule has 0 bridgehead atoms. The Morgan fingerprint density at radius 1 is 1.39 bits per heavy atom. The van der Waals surface area contributed by atoms with Crippen molar-refractivity contribution in [1.29, 1.82) is 0 Å². The van der Waals surface area contributed by atoms with E-state index in [1.807, 2.05) is 16.8 Å². The van der Waals surface area contributed by atoms with Crippen molar-refractivity contribution in [2.75, 3.05) is 0 Å². The molecule has 0 fully saturated rings. The predicted molar refractivity (Wildman–Crippen MR) is 62.0 cm³/mol. The van der Waals surface area contributed by atoms with Crippen LogP contribution in [0.25, 0.3) is 10.9 Å². The van der Waals surface area contributed by atoms with Crippen LogP contribution in [-0.4, -0.2) is 19.6 Å². The number of aromatic nitrogens is 3.